The highest BCUT2D eigenvalue weighted by Crippen LogP contribution is 2.25. The fourth-order valence-corrected chi connectivity index (χ4v) is 2.83. The predicted octanol–water partition coefficient (Wildman–Crippen LogP) is 4.22. The van der Waals surface area contributed by atoms with E-state index < -0.39 is 0 Å². The summed E-state index contributed by atoms with van der Waals surface area (Å²) in [5.74, 6) is -0.0645. The Hall–Kier alpha value is -0.840. The summed E-state index contributed by atoms with van der Waals surface area (Å²) < 4.78 is 2.55. The summed E-state index contributed by atoms with van der Waals surface area (Å²) in [4.78, 5) is 12.3. The van der Waals surface area contributed by atoms with Gasteiger partial charge in [-0.25, -0.2) is 0 Å². The molecule has 0 saturated heterocycles. The average Bonchev–Trinajstić information content (AvgIpc) is 2.56. The largest absolute Gasteiger partial charge is 0.294 e. The highest BCUT2D eigenvalue weighted by Gasteiger charge is 2.17. The van der Waals surface area contributed by atoms with E-state index >= 15 is 0 Å². The molecular formula is C13H11BrCl2N2O. The first-order valence-electron chi connectivity index (χ1n) is 5.56. The Bertz CT molecular complexity index is 652. The molecule has 0 N–H and O–H groups in total. The van der Waals surface area contributed by atoms with E-state index in [1.54, 1.807) is 22.9 Å². The quantitative estimate of drug-likeness (QED) is 0.767. The number of aryl methyl sites for hydroxylation is 2. The van der Waals surface area contributed by atoms with E-state index in [1.807, 2.05) is 14.0 Å². The highest BCUT2D eigenvalue weighted by molar-refractivity contribution is 9.10. The molecule has 3 nitrogen and oxygen atoms in total. The van der Waals surface area contributed by atoms with Crippen molar-refractivity contribution >= 4 is 44.9 Å². The van der Waals surface area contributed by atoms with Crippen molar-refractivity contribution < 1.29 is 4.79 Å². The van der Waals surface area contributed by atoms with Crippen LogP contribution in [0.5, 0.6) is 0 Å². The number of carbonyl (C=O) groups is 1. The first-order valence-corrected chi connectivity index (χ1v) is 7.11. The zero-order chi connectivity index (χ0) is 14.2. The number of Topliss-reactive ketones (excluding diaryl/α,β-unsaturated/α-hetero) is 1. The van der Waals surface area contributed by atoms with Gasteiger partial charge >= 0.3 is 0 Å². The maximum absolute atomic E-state index is 12.3. The molecule has 19 heavy (non-hydrogen) atoms. The van der Waals surface area contributed by atoms with Crippen LogP contribution >= 0.6 is 39.1 Å². The molecule has 0 atom stereocenters. The van der Waals surface area contributed by atoms with Gasteiger partial charge in [0.1, 0.15) is 0 Å². The SMILES string of the molecule is Cc1nn(C)c(CC(=O)c2ccc(Cl)cc2Cl)c1Br. The standard InChI is InChI=1S/C13H11BrCl2N2O/c1-7-13(14)11(18(2)17-7)6-12(19)9-4-3-8(15)5-10(9)16/h3-5H,6H2,1-2H3. The summed E-state index contributed by atoms with van der Waals surface area (Å²) in [5, 5.41) is 5.14. The van der Waals surface area contributed by atoms with E-state index in [2.05, 4.69) is 21.0 Å². The zero-order valence-corrected chi connectivity index (χ0v) is 13.5. The van der Waals surface area contributed by atoms with Gasteiger partial charge in [0.25, 0.3) is 0 Å². The maximum atomic E-state index is 12.3. The lowest BCUT2D eigenvalue weighted by Gasteiger charge is -2.05. The lowest BCUT2D eigenvalue weighted by atomic mass is 10.1. The summed E-state index contributed by atoms with van der Waals surface area (Å²) in [6, 6.07) is 4.87. The van der Waals surface area contributed by atoms with E-state index in [-0.39, 0.29) is 12.2 Å². The van der Waals surface area contributed by atoms with E-state index in [0.717, 1.165) is 15.9 Å². The van der Waals surface area contributed by atoms with Gasteiger partial charge in [-0.3, -0.25) is 9.48 Å². The molecular weight excluding hydrogens is 351 g/mol. The third-order valence-electron chi connectivity index (χ3n) is 2.82. The summed E-state index contributed by atoms with van der Waals surface area (Å²) in [7, 11) is 1.81. The second-order valence-corrected chi connectivity index (χ2v) is 5.83. The Morgan fingerprint density at radius 1 is 1.42 bits per heavy atom. The number of hydrogen-bond acceptors (Lipinski definition) is 2. The van der Waals surface area contributed by atoms with E-state index in [9.17, 15) is 4.79 Å². The minimum atomic E-state index is -0.0645. The predicted molar refractivity (Wildman–Crippen MR) is 80.1 cm³/mol. The fraction of sp³-hybridized carbons (Fsp3) is 0.231. The molecule has 0 aliphatic heterocycles. The highest BCUT2D eigenvalue weighted by atomic mass is 79.9. The van der Waals surface area contributed by atoms with Crippen LogP contribution in [0.3, 0.4) is 0 Å². The van der Waals surface area contributed by atoms with Crippen molar-refractivity contribution in [2.45, 2.75) is 13.3 Å². The Kier molecular flexibility index (Phi) is 4.33. The molecule has 0 radical (unpaired) electrons. The van der Waals surface area contributed by atoms with Crippen molar-refractivity contribution in [3.63, 3.8) is 0 Å². The van der Waals surface area contributed by atoms with Crippen LogP contribution in [-0.4, -0.2) is 15.6 Å². The normalized spacial score (nSPS) is 10.8. The molecule has 2 rings (SSSR count). The maximum Gasteiger partial charge on any atom is 0.170 e. The fourth-order valence-electron chi connectivity index (χ4n) is 1.84. The minimum absolute atomic E-state index is 0.0645. The molecule has 1 aromatic heterocycles. The van der Waals surface area contributed by atoms with Crippen molar-refractivity contribution in [2.24, 2.45) is 7.05 Å². The van der Waals surface area contributed by atoms with Gasteiger partial charge in [0.15, 0.2) is 5.78 Å². The summed E-state index contributed by atoms with van der Waals surface area (Å²) in [6.45, 7) is 1.88. The molecule has 0 aliphatic rings. The van der Waals surface area contributed by atoms with Gasteiger partial charge < -0.3 is 0 Å². The zero-order valence-electron chi connectivity index (χ0n) is 10.4. The number of rotatable bonds is 3. The van der Waals surface area contributed by atoms with Gasteiger partial charge in [0, 0.05) is 17.6 Å². The van der Waals surface area contributed by atoms with Crippen molar-refractivity contribution in [1.82, 2.24) is 9.78 Å². The third-order valence-corrected chi connectivity index (χ3v) is 4.40. The minimum Gasteiger partial charge on any atom is -0.294 e. The molecule has 0 spiro atoms. The van der Waals surface area contributed by atoms with Crippen LogP contribution in [0.15, 0.2) is 22.7 Å². The summed E-state index contributed by atoms with van der Waals surface area (Å²) >= 11 is 15.3. The van der Waals surface area contributed by atoms with Gasteiger partial charge in [-0.1, -0.05) is 23.2 Å². The topological polar surface area (TPSA) is 34.9 Å². The van der Waals surface area contributed by atoms with Gasteiger partial charge in [0.2, 0.25) is 0 Å². The first-order chi connectivity index (χ1) is 8.90. The number of hydrogen-bond donors (Lipinski definition) is 0. The van der Waals surface area contributed by atoms with E-state index in [0.29, 0.717) is 15.6 Å². The van der Waals surface area contributed by atoms with Gasteiger partial charge in [-0.15, -0.1) is 0 Å². The molecule has 1 heterocycles. The molecule has 0 unspecified atom stereocenters. The molecule has 1 aromatic carbocycles. The van der Waals surface area contributed by atoms with Crippen LogP contribution in [0.2, 0.25) is 10.0 Å². The lowest BCUT2D eigenvalue weighted by Crippen LogP contribution is -2.09. The number of carbonyl (C=O) groups excluding carboxylic acids is 1. The molecule has 0 saturated carbocycles. The van der Waals surface area contributed by atoms with Crippen molar-refractivity contribution in [3.8, 4) is 0 Å². The van der Waals surface area contributed by atoms with Crippen LogP contribution in [0.25, 0.3) is 0 Å². The van der Waals surface area contributed by atoms with Gasteiger partial charge in [-0.2, -0.15) is 5.10 Å². The van der Waals surface area contributed by atoms with Crippen LogP contribution in [0, 0.1) is 6.92 Å². The Morgan fingerprint density at radius 3 is 2.63 bits per heavy atom. The van der Waals surface area contributed by atoms with E-state index in [1.165, 1.54) is 0 Å². The number of aromatic nitrogens is 2. The third kappa shape index (κ3) is 3.02. The molecule has 0 aliphatic carbocycles. The molecule has 0 fully saturated rings. The lowest BCUT2D eigenvalue weighted by molar-refractivity contribution is 0.0990. The van der Waals surface area contributed by atoms with Crippen LogP contribution < -0.4 is 0 Å². The van der Waals surface area contributed by atoms with E-state index in [4.69, 9.17) is 23.2 Å². The molecule has 0 bridgehead atoms. The van der Waals surface area contributed by atoms with Crippen molar-refractivity contribution in [3.05, 3.63) is 49.7 Å². The second-order valence-electron chi connectivity index (χ2n) is 4.19. The number of nitrogens with zero attached hydrogens (tertiary/aromatic N) is 2. The van der Waals surface area contributed by atoms with Crippen molar-refractivity contribution in [2.75, 3.05) is 0 Å². The smallest absolute Gasteiger partial charge is 0.170 e. The first kappa shape index (κ1) is 14.6. The van der Waals surface area contributed by atoms with Crippen LogP contribution in [0.1, 0.15) is 21.7 Å². The molecule has 2 aromatic rings. The Balaban J connectivity index is 2.31. The Morgan fingerprint density at radius 2 is 2.11 bits per heavy atom. The monoisotopic (exact) mass is 360 g/mol. The number of halogens is 3. The molecule has 0 amide bonds. The average molecular weight is 362 g/mol. The molecule has 100 valence electrons. The Labute approximate surface area is 129 Å². The second kappa shape index (κ2) is 5.65. The number of benzene rings is 1. The number of ketones is 1. The summed E-state index contributed by atoms with van der Waals surface area (Å²) in [5.41, 5.74) is 2.15. The summed E-state index contributed by atoms with van der Waals surface area (Å²) in [6.07, 6.45) is 0.235. The van der Waals surface area contributed by atoms with Gasteiger partial charge in [-0.05, 0) is 41.1 Å². The van der Waals surface area contributed by atoms with Crippen LogP contribution in [-0.2, 0) is 13.5 Å². The van der Waals surface area contributed by atoms with Gasteiger partial charge in [0.05, 0.1) is 27.3 Å². The van der Waals surface area contributed by atoms with Crippen LogP contribution in [0.4, 0.5) is 0 Å². The van der Waals surface area contributed by atoms with Crippen molar-refractivity contribution in [1.29, 1.82) is 0 Å². The molecule has 6 heteroatoms.